The highest BCUT2D eigenvalue weighted by atomic mass is 35.5. The number of benzene rings is 3. The fourth-order valence-corrected chi connectivity index (χ4v) is 5.67. The van der Waals surface area contributed by atoms with Crippen molar-refractivity contribution in [3.8, 4) is 0 Å². The van der Waals surface area contributed by atoms with Gasteiger partial charge in [-0.1, -0.05) is 93.0 Å². The number of nitrogens with zero attached hydrogens (tertiary/aromatic N) is 7. The first-order valence-corrected chi connectivity index (χ1v) is 22.1. The minimum atomic E-state index is -1.14. The Labute approximate surface area is 429 Å². The standard InChI is InChI=1S/C14H15Cl2N3O.C13H12Cl2N2O.C7H10N2O2.C6H4Cl2.C2Cl2O2.CH5N.ClH/c1-20-18-14(3-2-7-19-8-6-17-10-19)11-4-5-12(15)13(16)9-11;14-11-4-3-10(8-12(11)15)13(18)2-1-6-17-7-5-16-9-17;10-7(11)2-1-4-9-5-3-8-6-9;7-5-3-1-2-4-6(5)8;3-1(5)2(4)6;1-2;/h4-6,8-10H,2-3,7H2,1H3;3-5,7-9H,1-2,6H2;3,5-6H,1-2,4H2,(H,10,11);1-4H;;2H2,1H3;1H/b18-14+;;;;;;. The van der Waals surface area contributed by atoms with Gasteiger partial charge in [-0.3, -0.25) is 19.2 Å². The lowest BCUT2D eigenvalue weighted by atomic mass is 10.1. The molecule has 23 heteroatoms. The van der Waals surface area contributed by atoms with Crippen LogP contribution in [0.2, 0.25) is 30.1 Å². The lowest BCUT2D eigenvalue weighted by Gasteiger charge is -2.08. The Hall–Kier alpha value is -4.19. The fraction of sp³-hybridized carbons (Fsp3) is 0.256. The highest BCUT2D eigenvalue weighted by Crippen LogP contribution is 2.25. The maximum absolute atomic E-state index is 11.9. The van der Waals surface area contributed by atoms with E-state index in [1.54, 1.807) is 80.0 Å². The molecule has 6 rings (SSSR count). The minimum Gasteiger partial charge on any atom is -0.481 e. The molecule has 0 fully saturated rings. The molecule has 66 heavy (non-hydrogen) atoms. The van der Waals surface area contributed by atoms with Crippen LogP contribution in [0.4, 0.5) is 0 Å². The summed E-state index contributed by atoms with van der Waals surface area (Å²) in [6.45, 7) is 2.39. The Balaban J connectivity index is 0.000000838. The van der Waals surface area contributed by atoms with Crippen LogP contribution < -0.4 is 5.73 Å². The number of carbonyl (C=O) groups is 4. The number of carbonyl (C=O) groups excluding carboxylic acids is 3. The van der Waals surface area contributed by atoms with Crippen molar-refractivity contribution in [3.05, 3.63) is 158 Å². The SMILES string of the molecule is CN.CO/N=C(\CCCn1ccnc1)c1ccc(Cl)c(Cl)c1.Cl.Clc1ccccc1Cl.O=C(CCCn1ccnc1)c1ccc(Cl)c(Cl)c1.O=C(Cl)C(=O)Cl.O=C(O)CCCn1ccnc1. The van der Waals surface area contributed by atoms with Gasteiger partial charge in [0.25, 0.3) is 0 Å². The molecule has 14 nitrogen and oxygen atoms in total. The molecule has 0 aliphatic rings. The summed E-state index contributed by atoms with van der Waals surface area (Å²) >= 11 is 43.8. The van der Waals surface area contributed by atoms with Crippen LogP contribution in [0.5, 0.6) is 0 Å². The fourth-order valence-electron chi connectivity index (χ4n) is 4.80. The number of carboxylic acid groups (broad SMARTS) is 1. The van der Waals surface area contributed by atoms with E-state index in [0.717, 1.165) is 50.2 Å². The Bertz CT molecular complexity index is 2280. The molecule has 0 amide bonds. The van der Waals surface area contributed by atoms with Crippen LogP contribution in [-0.4, -0.2) is 75.9 Å². The molecule has 3 heterocycles. The number of carboxylic acids is 1. The number of halogens is 9. The number of imidazole rings is 3. The molecule has 0 saturated carbocycles. The van der Waals surface area contributed by atoms with Gasteiger partial charge in [0, 0.05) is 80.8 Å². The Morgan fingerprint density at radius 1 is 0.591 bits per heavy atom. The van der Waals surface area contributed by atoms with Crippen LogP contribution in [0.1, 0.15) is 54.4 Å². The minimum absolute atomic E-state index is 0. The van der Waals surface area contributed by atoms with Crippen LogP contribution in [0.3, 0.4) is 0 Å². The summed E-state index contributed by atoms with van der Waals surface area (Å²) in [5.41, 5.74) is 6.88. The number of aliphatic carboxylic acids is 1. The van der Waals surface area contributed by atoms with Crippen molar-refractivity contribution in [2.24, 2.45) is 10.9 Å². The van der Waals surface area contributed by atoms with Crippen LogP contribution in [0.15, 0.2) is 122 Å². The third-order valence-electron chi connectivity index (χ3n) is 7.81. The molecule has 0 radical (unpaired) electrons. The van der Waals surface area contributed by atoms with Crippen molar-refractivity contribution in [2.75, 3.05) is 14.2 Å². The summed E-state index contributed by atoms with van der Waals surface area (Å²) in [6, 6.07) is 17.6. The van der Waals surface area contributed by atoms with E-state index in [2.05, 4.69) is 49.0 Å². The summed E-state index contributed by atoms with van der Waals surface area (Å²) in [5, 5.41) is 13.2. The average Bonchev–Trinajstić information content (AvgIpc) is 4.11. The van der Waals surface area contributed by atoms with Crippen LogP contribution >= 0.6 is 105 Å². The Morgan fingerprint density at radius 3 is 1.32 bits per heavy atom. The maximum Gasteiger partial charge on any atom is 0.304 e. The number of aromatic nitrogens is 6. The summed E-state index contributed by atoms with van der Waals surface area (Å²) < 4.78 is 5.84. The van der Waals surface area contributed by atoms with Gasteiger partial charge in [0.05, 0.1) is 54.8 Å². The van der Waals surface area contributed by atoms with Crippen molar-refractivity contribution in [1.82, 2.24) is 28.7 Å². The van der Waals surface area contributed by atoms with Gasteiger partial charge in [0.15, 0.2) is 5.78 Å². The predicted molar refractivity (Wildman–Crippen MR) is 268 cm³/mol. The molecule has 0 aliphatic heterocycles. The molecular weight excluding hydrogens is 1040 g/mol. The molecule has 0 atom stereocenters. The van der Waals surface area contributed by atoms with Crippen molar-refractivity contribution in [1.29, 1.82) is 0 Å². The predicted octanol–water partition coefficient (Wildman–Crippen LogP) is 12.1. The van der Waals surface area contributed by atoms with Crippen LogP contribution in [-0.2, 0) is 38.9 Å². The first kappa shape index (κ1) is 61.8. The number of rotatable bonds is 16. The zero-order chi connectivity index (χ0) is 48.6. The number of Topliss-reactive ketones (excluding diaryl/α,β-unsaturated/α-hetero) is 1. The zero-order valence-corrected chi connectivity index (χ0v) is 42.3. The molecule has 0 saturated heterocycles. The van der Waals surface area contributed by atoms with E-state index < -0.39 is 16.5 Å². The first-order chi connectivity index (χ1) is 31.1. The summed E-state index contributed by atoms with van der Waals surface area (Å²) in [7, 11) is 3.04. The van der Waals surface area contributed by atoms with Gasteiger partial charge >= 0.3 is 16.5 Å². The van der Waals surface area contributed by atoms with E-state index in [0.29, 0.717) is 48.5 Å². The van der Waals surface area contributed by atoms with Crippen molar-refractivity contribution >= 4 is 133 Å². The van der Waals surface area contributed by atoms with Crippen molar-refractivity contribution in [3.63, 3.8) is 0 Å². The third-order valence-corrected chi connectivity index (χ3v) is 10.5. The monoisotopic (exact) mass is 1090 g/mol. The molecule has 0 bridgehead atoms. The molecule has 3 N–H and O–H groups in total. The quantitative estimate of drug-likeness (QED) is 0.0310. The second kappa shape index (κ2) is 36.9. The second-order valence-corrected chi connectivity index (χ2v) is 15.6. The van der Waals surface area contributed by atoms with Gasteiger partial charge in [-0.25, -0.2) is 15.0 Å². The number of hydrogen-bond donors (Lipinski definition) is 2. The van der Waals surface area contributed by atoms with Gasteiger partial charge < -0.3 is 29.4 Å². The first-order valence-electron chi connectivity index (χ1n) is 19.1. The van der Waals surface area contributed by atoms with E-state index >= 15 is 0 Å². The molecule has 0 aliphatic carbocycles. The number of ketones is 1. The van der Waals surface area contributed by atoms with Gasteiger partial charge in [-0.05, 0) is 98.4 Å². The summed E-state index contributed by atoms with van der Waals surface area (Å²) in [4.78, 5) is 57.6. The zero-order valence-electron chi connectivity index (χ0n) is 35.5. The van der Waals surface area contributed by atoms with E-state index in [-0.39, 0.29) is 24.6 Å². The smallest absolute Gasteiger partial charge is 0.304 e. The summed E-state index contributed by atoms with van der Waals surface area (Å²) in [6.07, 6.45) is 19.9. The van der Waals surface area contributed by atoms with Crippen molar-refractivity contribution in [2.45, 2.75) is 58.2 Å². The molecular formula is C43H47Cl9N8O6. The van der Waals surface area contributed by atoms with Crippen LogP contribution in [0, 0.1) is 0 Å². The highest BCUT2D eigenvalue weighted by Gasteiger charge is 2.09. The van der Waals surface area contributed by atoms with E-state index in [1.807, 2.05) is 50.5 Å². The summed E-state index contributed by atoms with van der Waals surface area (Å²) in [5.74, 6) is -0.668. The van der Waals surface area contributed by atoms with Crippen LogP contribution in [0.25, 0.3) is 0 Å². The molecule has 0 spiro atoms. The van der Waals surface area contributed by atoms with Crippen molar-refractivity contribution < 1.29 is 29.1 Å². The normalized spacial score (nSPS) is 9.95. The van der Waals surface area contributed by atoms with Gasteiger partial charge in [-0.2, -0.15) is 0 Å². The lowest BCUT2D eigenvalue weighted by molar-refractivity contribution is -0.137. The number of oxime groups is 1. The van der Waals surface area contributed by atoms with E-state index in [9.17, 15) is 19.2 Å². The lowest BCUT2D eigenvalue weighted by Crippen LogP contribution is -2.04. The molecule has 0 unspecified atom stereocenters. The number of hydrogen-bond acceptors (Lipinski definition) is 10. The Kier molecular flexibility index (Phi) is 34.5. The largest absolute Gasteiger partial charge is 0.481 e. The molecule has 3 aromatic heterocycles. The van der Waals surface area contributed by atoms with E-state index in [4.69, 9.17) is 79.5 Å². The highest BCUT2D eigenvalue weighted by molar-refractivity contribution is 6.97. The van der Waals surface area contributed by atoms with E-state index in [1.165, 1.54) is 14.2 Å². The average molecular weight is 1090 g/mol. The third kappa shape index (κ3) is 27.4. The molecule has 6 aromatic rings. The Morgan fingerprint density at radius 2 is 0.970 bits per heavy atom. The van der Waals surface area contributed by atoms with Gasteiger partial charge in [0.1, 0.15) is 7.11 Å². The molecule has 3 aromatic carbocycles. The topological polar surface area (TPSA) is 190 Å². The maximum atomic E-state index is 11.9. The molecule has 358 valence electrons. The number of aryl methyl sites for hydroxylation is 3. The van der Waals surface area contributed by atoms with Gasteiger partial charge in [0.2, 0.25) is 0 Å². The second-order valence-electron chi connectivity index (χ2n) is 12.5. The van der Waals surface area contributed by atoms with Gasteiger partial charge in [-0.15, -0.1) is 12.4 Å². The number of nitrogens with two attached hydrogens (primary N) is 1.